The van der Waals surface area contributed by atoms with E-state index in [0.717, 1.165) is 18.4 Å². The maximum Gasteiger partial charge on any atom is 0.245 e. The van der Waals surface area contributed by atoms with Crippen LogP contribution in [-0.2, 0) is 16.1 Å². The minimum absolute atomic E-state index is 0.00373. The van der Waals surface area contributed by atoms with Gasteiger partial charge in [0.2, 0.25) is 11.8 Å². The van der Waals surface area contributed by atoms with Crippen LogP contribution in [0.25, 0.3) is 0 Å². The molecule has 1 aliphatic rings. The van der Waals surface area contributed by atoms with E-state index in [1.54, 1.807) is 0 Å². The molecule has 0 aromatic heterocycles. The molecule has 2 unspecified atom stereocenters. The summed E-state index contributed by atoms with van der Waals surface area (Å²) in [7, 11) is 0. The molecule has 23 heavy (non-hydrogen) atoms. The zero-order chi connectivity index (χ0) is 16.8. The molecule has 1 aromatic rings. The van der Waals surface area contributed by atoms with Crippen molar-refractivity contribution < 1.29 is 9.59 Å². The third-order valence-corrected chi connectivity index (χ3v) is 4.57. The van der Waals surface area contributed by atoms with E-state index in [0.29, 0.717) is 25.4 Å². The molecule has 1 N–H and O–H groups in total. The molecule has 4 nitrogen and oxygen atoms in total. The molecule has 1 aromatic carbocycles. The Morgan fingerprint density at radius 1 is 1.30 bits per heavy atom. The van der Waals surface area contributed by atoms with Gasteiger partial charge in [0, 0.05) is 19.0 Å². The molecule has 1 aliphatic heterocycles. The second kappa shape index (κ2) is 8.14. The topological polar surface area (TPSA) is 49.4 Å². The highest BCUT2D eigenvalue weighted by atomic mass is 16.2. The molecule has 0 spiro atoms. The largest absolute Gasteiger partial charge is 0.344 e. The SMILES string of the molecule is CCCC(C(=O)NC1CCN(Cc2ccccc2)C1=O)C(C)C. The molecular weight excluding hydrogens is 288 g/mol. The molecule has 126 valence electrons. The lowest BCUT2D eigenvalue weighted by atomic mass is 9.90. The van der Waals surface area contributed by atoms with E-state index in [2.05, 4.69) is 26.1 Å². The number of hydrogen-bond acceptors (Lipinski definition) is 2. The van der Waals surface area contributed by atoms with Crippen LogP contribution >= 0.6 is 0 Å². The van der Waals surface area contributed by atoms with Crippen LogP contribution in [-0.4, -0.2) is 29.3 Å². The minimum atomic E-state index is -0.357. The summed E-state index contributed by atoms with van der Waals surface area (Å²) < 4.78 is 0. The second-order valence-electron chi connectivity index (χ2n) is 6.73. The number of likely N-dealkylation sites (tertiary alicyclic amines) is 1. The van der Waals surface area contributed by atoms with Gasteiger partial charge in [0.1, 0.15) is 6.04 Å². The monoisotopic (exact) mass is 316 g/mol. The van der Waals surface area contributed by atoms with Crippen molar-refractivity contribution in [2.45, 2.75) is 52.6 Å². The van der Waals surface area contributed by atoms with E-state index < -0.39 is 0 Å². The zero-order valence-corrected chi connectivity index (χ0v) is 14.4. The lowest BCUT2D eigenvalue weighted by Crippen LogP contribution is -2.44. The Kier molecular flexibility index (Phi) is 6.20. The van der Waals surface area contributed by atoms with Gasteiger partial charge >= 0.3 is 0 Å². The first-order valence-corrected chi connectivity index (χ1v) is 8.66. The molecule has 0 bridgehead atoms. The fourth-order valence-corrected chi connectivity index (χ4v) is 3.19. The van der Waals surface area contributed by atoms with Gasteiger partial charge in [0.25, 0.3) is 0 Å². The van der Waals surface area contributed by atoms with Crippen molar-refractivity contribution >= 4 is 11.8 Å². The van der Waals surface area contributed by atoms with E-state index in [9.17, 15) is 9.59 Å². The van der Waals surface area contributed by atoms with Crippen molar-refractivity contribution in [3.05, 3.63) is 35.9 Å². The molecule has 0 radical (unpaired) electrons. The van der Waals surface area contributed by atoms with Gasteiger partial charge in [0.15, 0.2) is 0 Å². The van der Waals surface area contributed by atoms with Crippen LogP contribution in [0, 0.1) is 11.8 Å². The van der Waals surface area contributed by atoms with Gasteiger partial charge in [-0.05, 0) is 24.3 Å². The highest BCUT2D eigenvalue weighted by molar-refractivity contribution is 5.90. The number of carbonyl (C=O) groups excluding carboxylic acids is 2. The number of benzene rings is 1. The van der Waals surface area contributed by atoms with Crippen LogP contribution in [0.1, 0.15) is 45.6 Å². The molecule has 1 fully saturated rings. The second-order valence-corrected chi connectivity index (χ2v) is 6.73. The summed E-state index contributed by atoms with van der Waals surface area (Å²) in [5.74, 6) is 0.366. The van der Waals surface area contributed by atoms with Gasteiger partial charge in [-0.1, -0.05) is 57.5 Å². The van der Waals surface area contributed by atoms with Crippen molar-refractivity contribution in [3.63, 3.8) is 0 Å². The van der Waals surface area contributed by atoms with Crippen LogP contribution in [0.15, 0.2) is 30.3 Å². The van der Waals surface area contributed by atoms with Crippen molar-refractivity contribution in [2.75, 3.05) is 6.54 Å². The number of rotatable bonds is 7. The third kappa shape index (κ3) is 4.57. The van der Waals surface area contributed by atoms with Crippen molar-refractivity contribution in [1.29, 1.82) is 0 Å². The Bertz CT molecular complexity index is 527. The molecule has 4 heteroatoms. The molecule has 2 rings (SSSR count). The average Bonchev–Trinajstić information content (AvgIpc) is 2.86. The lowest BCUT2D eigenvalue weighted by Gasteiger charge is -2.22. The minimum Gasteiger partial charge on any atom is -0.344 e. The predicted octanol–water partition coefficient (Wildman–Crippen LogP) is 2.98. The normalized spacial score (nSPS) is 19.2. The summed E-state index contributed by atoms with van der Waals surface area (Å²) >= 11 is 0. The van der Waals surface area contributed by atoms with Gasteiger partial charge in [-0.2, -0.15) is 0 Å². The van der Waals surface area contributed by atoms with E-state index in [4.69, 9.17) is 0 Å². The summed E-state index contributed by atoms with van der Waals surface area (Å²) in [6.45, 7) is 7.55. The Labute approximate surface area is 139 Å². The predicted molar refractivity (Wildman–Crippen MR) is 91.6 cm³/mol. The summed E-state index contributed by atoms with van der Waals surface area (Å²) in [4.78, 5) is 26.8. The van der Waals surface area contributed by atoms with Crippen LogP contribution in [0.3, 0.4) is 0 Å². The smallest absolute Gasteiger partial charge is 0.245 e. The summed E-state index contributed by atoms with van der Waals surface area (Å²) in [5, 5.41) is 2.98. The van der Waals surface area contributed by atoms with E-state index in [1.807, 2.05) is 35.2 Å². The van der Waals surface area contributed by atoms with Gasteiger partial charge in [-0.3, -0.25) is 9.59 Å². The standard InChI is InChI=1S/C19H28N2O2/c1-4-8-16(14(2)3)18(22)20-17-11-12-21(19(17)23)13-15-9-6-5-7-10-15/h5-7,9-10,14,16-17H,4,8,11-13H2,1-3H3,(H,20,22). The molecular formula is C19H28N2O2. The van der Waals surface area contributed by atoms with Gasteiger partial charge in [-0.25, -0.2) is 0 Å². The van der Waals surface area contributed by atoms with E-state index in [-0.39, 0.29) is 23.8 Å². The van der Waals surface area contributed by atoms with Crippen molar-refractivity contribution in [1.82, 2.24) is 10.2 Å². The fourth-order valence-electron chi connectivity index (χ4n) is 3.19. The Hall–Kier alpha value is -1.84. The third-order valence-electron chi connectivity index (χ3n) is 4.57. The molecule has 1 heterocycles. The summed E-state index contributed by atoms with van der Waals surface area (Å²) in [6, 6.07) is 9.62. The van der Waals surface area contributed by atoms with Crippen molar-refractivity contribution in [2.24, 2.45) is 11.8 Å². The van der Waals surface area contributed by atoms with Gasteiger partial charge < -0.3 is 10.2 Å². The lowest BCUT2D eigenvalue weighted by molar-refractivity contribution is -0.134. The number of nitrogens with zero attached hydrogens (tertiary/aromatic N) is 1. The Morgan fingerprint density at radius 3 is 2.61 bits per heavy atom. The summed E-state index contributed by atoms with van der Waals surface area (Å²) in [5.41, 5.74) is 1.12. The number of amides is 2. The maximum absolute atomic E-state index is 12.5. The van der Waals surface area contributed by atoms with Crippen LogP contribution in [0.4, 0.5) is 0 Å². The number of nitrogens with one attached hydrogen (secondary N) is 1. The first-order chi connectivity index (χ1) is 11.0. The molecule has 1 saturated heterocycles. The van der Waals surface area contributed by atoms with E-state index in [1.165, 1.54) is 0 Å². The zero-order valence-electron chi connectivity index (χ0n) is 14.4. The maximum atomic E-state index is 12.5. The first-order valence-electron chi connectivity index (χ1n) is 8.66. The fraction of sp³-hybridized carbons (Fsp3) is 0.579. The molecule has 2 amide bonds. The van der Waals surface area contributed by atoms with Gasteiger partial charge in [-0.15, -0.1) is 0 Å². The molecule has 2 atom stereocenters. The highest BCUT2D eigenvalue weighted by Gasteiger charge is 2.34. The average molecular weight is 316 g/mol. The van der Waals surface area contributed by atoms with Gasteiger partial charge in [0.05, 0.1) is 0 Å². The quantitative estimate of drug-likeness (QED) is 0.841. The Morgan fingerprint density at radius 2 is 2.00 bits per heavy atom. The summed E-state index contributed by atoms with van der Waals surface area (Å²) in [6.07, 6.45) is 2.56. The van der Waals surface area contributed by atoms with Crippen LogP contribution in [0.2, 0.25) is 0 Å². The first kappa shape index (κ1) is 17.5. The molecule has 0 saturated carbocycles. The van der Waals surface area contributed by atoms with Crippen LogP contribution in [0.5, 0.6) is 0 Å². The van der Waals surface area contributed by atoms with E-state index >= 15 is 0 Å². The number of carbonyl (C=O) groups is 2. The Balaban J connectivity index is 1.92. The highest BCUT2D eigenvalue weighted by Crippen LogP contribution is 2.20. The van der Waals surface area contributed by atoms with Crippen molar-refractivity contribution in [3.8, 4) is 0 Å². The van der Waals surface area contributed by atoms with Crippen LogP contribution < -0.4 is 5.32 Å². The molecule has 0 aliphatic carbocycles. The number of hydrogen-bond donors (Lipinski definition) is 1.